The number of amides is 1. The van der Waals surface area contributed by atoms with Gasteiger partial charge in [0.2, 0.25) is 5.91 Å². The van der Waals surface area contributed by atoms with Crippen molar-refractivity contribution >= 4 is 24.0 Å². The van der Waals surface area contributed by atoms with E-state index < -0.39 is 6.04 Å². The number of hydrogen-bond donors (Lipinski definition) is 3. The fourth-order valence-electron chi connectivity index (χ4n) is 1.39. The molecule has 0 aromatic carbocycles. The smallest absolute Gasteiger partial charge is 0.241 e. The summed E-state index contributed by atoms with van der Waals surface area (Å²) in [6.45, 7) is 5.70. The third kappa shape index (κ3) is 3.50. The Kier molecular flexibility index (Phi) is 6.06. The number of hydrogen-bond acceptors (Lipinski definition) is 3. The first-order valence-electron chi connectivity index (χ1n) is 5.14. The van der Waals surface area contributed by atoms with Gasteiger partial charge < -0.3 is 11.1 Å². The molecule has 0 aliphatic rings. The first-order valence-corrected chi connectivity index (χ1v) is 5.14. The average molecular weight is 247 g/mol. The summed E-state index contributed by atoms with van der Waals surface area (Å²) in [6.07, 6.45) is 1.60. The van der Waals surface area contributed by atoms with Gasteiger partial charge in [0.05, 0.1) is 23.1 Å². The molecule has 1 heterocycles. The molecule has 1 aromatic rings. The number of anilines is 1. The Balaban J connectivity index is 0.00000225. The van der Waals surface area contributed by atoms with E-state index in [4.69, 9.17) is 5.73 Å². The van der Waals surface area contributed by atoms with Crippen molar-refractivity contribution in [1.29, 1.82) is 0 Å². The molecule has 1 atom stereocenters. The molecule has 92 valence electrons. The Morgan fingerprint density at radius 1 is 1.56 bits per heavy atom. The molecule has 0 aliphatic carbocycles. The van der Waals surface area contributed by atoms with Crippen molar-refractivity contribution < 1.29 is 4.79 Å². The van der Waals surface area contributed by atoms with E-state index in [-0.39, 0.29) is 18.3 Å². The second-order valence-corrected chi connectivity index (χ2v) is 3.69. The minimum absolute atomic E-state index is 0. The maximum Gasteiger partial charge on any atom is 0.241 e. The van der Waals surface area contributed by atoms with Gasteiger partial charge in [0.1, 0.15) is 0 Å². The Bertz CT molecular complexity index is 331. The van der Waals surface area contributed by atoms with E-state index in [1.165, 1.54) is 0 Å². The molecule has 6 heteroatoms. The summed E-state index contributed by atoms with van der Waals surface area (Å²) in [5.41, 5.74) is 8.08. The van der Waals surface area contributed by atoms with Crippen LogP contribution in [0.15, 0.2) is 0 Å². The first kappa shape index (κ1) is 14.9. The molecule has 0 radical (unpaired) electrons. The number of halogens is 1. The fourth-order valence-corrected chi connectivity index (χ4v) is 1.39. The number of carbonyl (C=O) groups excluding carboxylic acids is 1. The molecule has 1 unspecified atom stereocenters. The van der Waals surface area contributed by atoms with Crippen LogP contribution in [0.4, 0.5) is 5.69 Å². The zero-order valence-electron chi connectivity index (χ0n) is 9.83. The van der Waals surface area contributed by atoms with Gasteiger partial charge in [0, 0.05) is 0 Å². The molecule has 5 nitrogen and oxygen atoms in total. The molecule has 0 aliphatic heterocycles. The zero-order valence-corrected chi connectivity index (χ0v) is 10.6. The lowest BCUT2D eigenvalue weighted by atomic mass is 10.1. The maximum atomic E-state index is 11.6. The highest BCUT2D eigenvalue weighted by molar-refractivity contribution is 5.95. The van der Waals surface area contributed by atoms with Gasteiger partial charge in [-0.05, 0) is 20.3 Å². The number of rotatable bonds is 4. The molecule has 1 aromatic heterocycles. The predicted molar refractivity (Wildman–Crippen MR) is 66.8 cm³/mol. The number of nitrogens with zero attached hydrogens (tertiary/aromatic N) is 1. The van der Waals surface area contributed by atoms with Crippen LogP contribution in [-0.2, 0) is 4.79 Å². The monoisotopic (exact) mass is 246 g/mol. The van der Waals surface area contributed by atoms with Crippen molar-refractivity contribution in [1.82, 2.24) is 10.2 Å². The predicted octanol–water partition coefficient (Wildman–Crippen LogP) is 1.51. The fraction of sp³-hybridized carbons (Fsp3) is 0.600. The third-order valence-electron chi connectivity index (χ3n) is 2.31. The van der Waals surface area contributed by atoms with E-state index in [0.717, 1.165) is 23.5 Å². The van der Waals surface area contributed by atoms with Gasteiger partial charge in [0.15, 0.2) is 0 Å². The van der Waals surface area contributed by atoms with E-state index in [0.29, 0.717) is 6.42 Å². The molecule has 0 spiro atoms. The van der Waals surface area contributed by atoms with Crippen LogP contribution in [0.3, 0.4) is 0 Å². The number of nitrogens with two attached hydrogens (primary N) is 1. The third-order valence-corrected chi connectivity index (χ3v) is 2.31. The minimum atomic E-state index is -0.441. The van der Waals surface area contributed by atoms with Crippen LogP contribution >= 0.6 is 12.4 Å². The second kappa shape index (κ2) is 6.50. The van der Waals surface area contributed by atoms with Crippen molar-refractivity contribution in [3.8, 4) is 0 Å². The van der Waals surface area contributed by atoms with Gasteiger partial charge in [-0.25, -0.2) is 0 Å². The minimum Gasteiger partial charge on any atom is -0.322 e. The van der Waals surface area contributed by atoms with Crippen LogP contribution in [-0.4, -0.2) is 22.1 Å². The van der Waals surface area contributed by atoms with Gasteiger partial charge >= 0.3 is 0 Å². The molecular weight excluding hydrogens is 228 g/mol. The van der Waals surface area contributed by atoms with E-state index in [1.54, 1.807) is 0 Å². The largest absolute Gasteiger partial charge is 0.322 e. The quantitative estimate of drug-likeness (QED) is 0.753. The van der Waals surface area contributed by atoms with Gasteiger partial charge in [-0.3, -0.25) is 9.89 Å². The van der Waals surface area contributed by atoms with Gasteiger partial charge in [-0.1, -0.05) is 13.3 Å². The SMILES string of the molecule is CCCC(N)C(=O)Nc1c(C)n[nH]c1C.Cl. The Morgan fingerprint density at radius 2 is 2.19 bits per heavy atom. The topological polar surface area (TPSA) is 83.8 Å². The lowest BCUT2D eigenvalue weighted by Gasteiger charge is -2.10. The number of aryl methyl sites for hydroxylation is 2. The number of carbonyl (C=O) groups is 1. The number of nitrogens with one attached hydrogen (secondary N) is 2. The van der Waals surface area contributed by atoms with E-state index in [9.17, 15) is 4.79 Å². The van der Waals surface area contributed by atoms with Crippen molar-refractivity contribution in [3.63, 3.8) is 0 Å². The molecule has 1 amide bonds. The average Bonchev–Trinajstić information content (AvgIpc) is 2.49. The van der Waals surface area contributed by atoms with E-state index >= 15 is 0 Å². The number of aromatic amines is 1. The lowest BCUT2D eigenvalue weighted by molar-refractivity contribution is -0.117. The molecule has 0 saturated carbocycles. The number of aromatic nitrogens is 2. The summed E-state index contributed by atoms with van der Waals surface area (Å²) in [5, 5.41) is 9.59. The Morgan fingerprint density at radius 3 is 2.62 bits per heavy atom. The Labute approximate surface area is 102 Å². The summed E-state index contributed by atoms with van der Waals surface area (Å²) in [7, 11) is 0. The van der Waals surface area contributed by atoms with Gasteiger partial charge in [-0.2, -0.15) is 5.10 Å². The summed E-state index contributed by atoms with van der Waals surface area (Å²) < 4.78 is 0. The molecule has 0 fully saturated rings. The van der Waals surface area contributed by atoms with E-state index in [1.807, 2.05) is 20.8 Å². The van der Waals surface area contributed by atoms with Crippen molar-refractivity contribution in [2.24, 2.45) is 5.73 Å². The second-order valence-electron chi connectivity index (χ2n) is 3.69. The highest BCUT2D eigenvalue weighted by Crippen LogP contribution is 2.16. The van der Waals surface area contributed by atoms with Crippen molar-refractivity contribution in [3.05, 3.63) is 11.4 Å². The molecular formula is C10H19ClN4O. The summed E-state index contributed by atoms with van der Waals surface area (Å²) in [5.74, 6) is -0.149. The van der Waals surface area contributed by atoms with Gasteiger partial charge in [-0.15, -0.1) is 12.4 Å². The molecule has 1 rings (SSSR count). The first-order chi connectivity index (χ1) is 7.06. The highest BCUT2D eigenvalue weighted by atomic mass is 35.5. The van der Waals surface area contributed by atoms with Crippen LogP contribution in [0, 0.1) is 13.8 Å². The highest BCUT2D eigenvalue weighted by Gasteiger charge is 2.15. The standard InChI is InChI=1S/C10H18N4O.ClH/c1-4-5-8(11)10(15)12-9-6(2)13-14-7(9)3;/h8H,4-5,11H2,1-3H3,(H,12,15)(H,13,14);1H. The van der Waals surface area contributed by atoms with Crippen LogP contribution < -0.4 is 11.1 Å². The number of H-pyrrole nitrogens is 1. The molecule has 16 heavy (non-hydrogen) atoms. The Hall–Kier alpha value is -1.07. The van der Waals surface area contributed by atoms with E-state index in [2.05, 4.69) is 15.5 Å². The van der Waals surface area contributed by atoms with Crippen molar-refractivity contribution in [2.75, 3.05) is 5.32 Å². The lowest BCUT2D eigenvalue weighted by Crippen LogP contribution is -2.35. The normalized spacial score (nSPS) is 11.8. The van der Waals surface area contributed by atoms with Gasteiger partial charge in [0.25, 0.3) is 0 Å². The molecule has 0 bridgehead atoms. The zero-order chi connectivity index (χ0) is 11.4. The summed E-state index contributed by atoms with van der Waals surface area (Å²) >= 11 is 0. The summed E-state index contributed by atoms with van der Waals surface area (Å²) in [4.78, 5) is 11.6. The molecule has 0 saturated heterocycles. The maximum absolute atomic E-state index is 11.6. The summed E-state index contributed by atoms with van der Waals surface area (Å²) in [6, 6.07) is -0.441. The van der Waals surface area contributed by atoms with Crippen LogP contribution in [0.25, 0.3) is 0 Å². The van der Waals surface area contributed by atoms with Crippen LogP contribution in [0.2, 0.25) is 0 Å². The van der Waals surface area contributed by atoms with Crippen LogP contribution in [0.1, 0.15) is 31.2 Å². The van der Waals surface area contributed by atoms with Crippen molar-refractivity contribution in [2.45, 2.75) is 39.7 Å². The van der Waals surface area contributed by atoms with Crippen LogP contribution in [0.5, 0.6) is 0 Å². The molecule has 4 N–H and O–H groups in total.